The lowest BCUT2D eigenvalue weighted by Crippen LogP contribution is -2.62. The highest BCUT2D eigenvalue weighted by Crippen LogP contribution is 2.72. The van der Waals surface area contributed by atoms with Crippen LogP contribution in [-0.2, 0) is 4.79 Å². The Labute approximate surface area is 187 Å². The smallest absolute Gasteiger partial charge is 0.226 e. The van der Waals surface area contributed by atoms with Gasteiger partial charge in [0, 0.05) is 18.0 Å². The molecule has 4 aliphatic carbocycles. The molecule has 4 bridgehead atoms. The molecule has 2 N–H and O–H groups in total. The lowest BCUT2D eigenvalue weighted by atomic mass is 9.37. The van der Waals surface area contributed by atoms with Crippen molar-refractivity contribution in [2.75, 3.05) is 12.4 Å². The van der Waals surface area contributed by atoms with Gasteiger partial charge in [-0.3, -0.25) is 4.79 Å². The van der Waals surface area contributed by atoms with Gasteiger partial charge in [-0.05, 0) is 101 Å². The molecule has 0 aromatic rings. The molecule has 1 saturated heterocycles. The van der Waals surface area contributed by atoms with Crippen LogP contribution in [0.2, 0.25) is 0 Å². The van der Waals surface area contributed by atoms with Crippen molar-refractivity contribution in [2.45, 2.75) is 83.7 Å². The van der Waals surface area contributed by atoms with Gasteiger partial charge in [-0.2, -0.15) is 0 Å². The van der Waals surface area contributed by atoms with E-state index in [0.29, 0.717) is 29.8 Å². The van der Waals surface area contributed by atoms with Crippen LogP contribution in [0.5, 0.6) is 0 Å². The zero-order valence-corrected chi connectivity index (χ0v) is 19.6. The Morgan fingerprint density at radius 3 is 2.70 bits per heavy atom. The van der Waals surface area contributed by atoms with E-state index in [-0.39, 0.29) is 16.2 Å². The molecule has 2 unspecified atom stereocenters. The highest BCUT2D eigenvalue weighted by atomic mass is 35.5. The number of carbonyl (C=O) groups is 1. The van der Waals surface area contributed by atoms with Crippen LogP contribution in [0.25, 0.3) is 0 Å². The number of hydrogen-bond donors (Lipinski definition) is 2. The zero-order chi connectivity index (χ0) is 21.4. The minimum atomic E-state index is -0.239. The first-order valence-corrected chi connectivity index (χ1v) is 12.5. The molecule has 5 aliphatic rings. The van der Waals surface area contributed by atoms with Crippen LogP contribution in [-0.4, -0.2) is 30.4 Å². The normalized spacial score (nSPS) is 42.8. The summed E-state index contributed by atoms with van der Waals surface area (Å²) in [5.41, 5.74) is 1.24. The Morgan fingerprint density at radius 1 is 1.20 bits per heavy atom. The Balaban J connectivity index is 1.61. The van der Waals surface area contributed by atoms with Gasteiger partial charge in [0.1, 0.15) is 0 Å². The van der Waals surface area contributed by atoms with E-state index in [2.05, 4.69) is 42.4 Å². The molecule has 0 radical (unpaired) electrons. The first-order chi connectivity index (χ1) is 14.3. The van der Waals surface area contributed by atoms with Crippen LogP contribution in [0, 0.1) is 22.2 Å². The summed E-state index contributed by atoms with van der Waals surface area (Å²) in [4.78, 5) is 13.8. The Bertz CT molecular complexity index is 745. The topological polar surface area (TPSA) is 41.1 Å². The second-order valence-corrected chi connectivity index (χ2v) is 11.3. The third-order valence-corrected chi connectivity index (χ3v) is 8.72. The largest absolute Gasteiger partial charge is 0.353 e. The van der Waals surface area contributed by atoms with Crippen molar-refractivity contribution < 1.29 is 4.79 Å². The average molecular weight is 431 g/mol. The maximum atomic E-state index is 13.8. The second kappa shape index (κ2) is 8.47. The van der Waals surface area contributed by atoms with Gasteiger partial charge in [-0.1, -0.05) is 30.9 Å². The van der Waals surface area contributed by atoms with E-state index in [9.17, 15) is 4.79 Å². The maximum absolute atomic E-state index is 13.8. The van der Waals surface area contributed by atoms with E-state index >= 15 is 0 Å². The first kappa shape index (κ1) is 22.1. The number of allylic oxidation sites excluding steroid dienone is 5. The van der Waals surface area contributed by atoms with E-state index in [4.69, 9.17) is 11.6 Å². The third-order valence-electron chi connectivity index (χ3n) is 8.53. The Morgan fingerprint density at radius 2 is 1.97 bits per heavy atom. The molecule has 166 valence electrons. The molecule has 5 fully saturated rings. The predicted octanol–water partition coefficient (Wildman–Crippen LogP) is 5.52. The molecular weight excluding hydrogens is 392 g/mol. The third kappa shape index (κ3) is 4.05. The van der Waals surface area contributed by atoms with E-state index in [1.54, 1.807) is 0 Å². The molecule has 4 saturated carbocycles. The average Bonchev–Trinajstić information content (AvgIpc) is 2.67. The van der Waals surface area contributed by atoms with Gasteiger partial charge in [-0.25, -0.2) is 0 Å². The fourth-order valence-corrected chi connectivity index (χ4v) is 8.19. The van der Waals surface area contributed by atoms with Crippen molar-refractivity contribution in [1.82, 2.24) is 10.6 Å². The quantitative estimate of drug-likeness (QED) is 0.412. The Kier molecular flexibility index (Phi) is 6.25. The molecule has 0 spiro atoms. The SMILES string of the molecule is C=C(/C=C\C=C/C)[C@]12CC3CC(C(=O)N[C@H]4CCN[C@@H](C)C4)(C[C@](CCCl)(C3)C1)C2. The van der Waals surface area contributed by atoms with Gasteiger partial charge in [0.15, 0.2) is 0 Å². The van der Waals surface area contributed by atoms with Crippen LogP contribution in [0.15, 0.2) is 36.5 Å². The maximum Gasteiger partial charge on any atom is 0.226 e. The van der Waals surface area contributed by atoms with Crippen molar-refractivity contribution in [1.29, 1.82) is 0 Å². The van der Waals surface area contributed by atoms with Gasteiger partial charge in [0.05, 0.1) is 5.41 Å². The second-order valence-electron chi connectivity index (χ2n) is 11.0. The van der Waals surface area contributed by atoms with Crippen LogP contribution < -0.4 is 10.6 Å². The molecule has 5 rings (SSSR count). The molecule has 3 nitrogen and oxygen atoms in total. The van der Waals surface area contributed by atoms with Gasteiger partial charge in [0.25, 0.3) is 0 Å². The summed E-state index contributed by atoms with van der Waals surface area (Å²) in [5, 5.41) is 7.00. The summed E-state index contributed by atoms with van der Waals surface area (Å²) < 4.78 is 0. The van der Waals surface area contributed by atoms with Gasteiger partial charge in [0.2, 0.25) is 5.91 Å². The summed E-state index contributed by atoms with van der Waals surface area (Å²) >= 11 is 6.31. The molecule has 6 atom stereocenters. The van der Waals surface area contributed by atoms with Crippen molar-refractivity contribution >= 4 is 17.5 Å². The van der Waals surface area contributed by atoms with Crippen LogP contribution in [0.1, 0.15) is 71.6 Å². The number of nitrogens with one attached hydrogen (secondary N) is 2. The van der Waals surface area contributed by atoms with Crippen molar-refractivity contribution in [3.05, 3.63) is 36.5 Å². The number of amides is 1. The van der Waals surface area contributed by atoms with E-state index < -0.39 is 0 Å². The molecule has 30 heavy (non-hydrogen) atoms. The monoisotopic (exact) mass is 430 g/mol. The Hall–Kier alpha value is -1.06. The standard InChI is InChI=1S/C26H39ClN2O/c1-4-5-6-7-19(2)25-14-21-13-24(16-25,9-10-27)17-26(15-21,18-25)23(30)29-22-8-11-28-20(3)12-22/h4-7,20-22,28H,2,8-18H2,1,3H3,(H,29,30)/b5-4-,7-6-/t20-,21?,22-,24+,25+,26?/m0/s1. The lowest BCUT2D eigenvalue weighted by molar-refractivity contribution is -0.170. The summed E-state index contributed by atoms with van der Waals surface area (Å²) in [6.45, 7) is 9.78. The molecule has 0 aromatic carbocycles. The molecule has 4 heteroatoms. The molecular formula is C26H39ClN2O. The first-order valence-electron chi connectivity index (χ1n) is 11.9. The highest BCUT2D eigenvalue weighted by molar-refractivity contribution is 6.17. The number of rotatable bonds is 7. The predicted molar refractivity (Wildman–Crippen MR) is 126 cm³/mol. The number of piperidine rings is 1. The highest BCUT2D eigenvalue weighted by Gasteiger charge is 2.65. The fraction of sp³-hybridized carbons (Fsp3) is 0.731. The van der Waals surface area contributed by atoms with Crippen molar-refractivity contribution in [3.8, 4) is 0 Å². The number of alkyl halides is 1. The molecule has 1 amide bonds. The van der Waals surface area contributed by atoms with Crippen LogP contribution >= 0.6 is 11.6 Å². The number of hydrogen-bond acceptors (Lipinski definition) is 2. The van der Waals surface area contributed by atoms with Gasteiger partial charge >= 0.3 is 0 Å². The van der Waals surface area contributed by atoms with Crippen molar-refractivity contribution in [3.63, 3.8) is 0 Å². The van der Waals surface area contributed by atoms with Crippen LogP contribution in [0.3, 0.4) is 0 Å². The molecule has 1 aliphatic heterocycles. The summed E-state index contributed by atoms with van der Waals surface area (Å²) in [7, 11) is 0. The van der Waals surface area contributed by atoms with Gasteiger partial charge in [-0.15, -0.1) is 11.6 Å². The fourth-order valence-electron chi connectivity index (χ4n) is 7.79. The van der Waals surface area contributed by atoms with Crippen LogP contribution in [0.4, 0.5) is 0 Å². The minimum Gasteiger partial charge on any atom is -0.353 e. The molecule has 1 heterocycles. The van der Waals surface area contributed by atoms with E-state index in [1.165, 1.54) is 18.4 Å². The van der Waals surface area contributed by atoms with Gasteiger partial charge < -0.3 is 10.6 Å². The zero-order valence-electron chi connectivity index (χ0n) is 18.8. The van der Waals surface area contributed by atoms with E-state index in [1.807, 2.05) is 13.0 Å². The van der Waals surface area contributed by atoms with Crippen molar-refractivity contribution in [2.24, 2.45) is 22.2 Å². The lowest BCUT2D eigenvalue weighted by Gasteiger charge is -2.66. The summed E-state index contributed by atoms with van der Waals surface area (Å²) in [6.07, 6.45) is 18.1. The number of halogens is 1. The number of carbonyl (C=O) groups excluding carboxylic acids is 1. The summed E-state index contributed by atoms with van der Waals surface area (Å²) in [6, 6.07) is 0.783. The van der Waals surface area contributed by atoms with E-state index in [0.717, 1.165) is 51.5 Å². The minimum absolute atomic E-state index is 0.0578. The molecule has 0 aromatic heterocycles. The summed E-state index contributed by atoms with van der Waals surface area (Å²) in [5.74, 6) is 1.63.